The summed E-state index contributed by atoms with van der Waals surface area (Å²) in [5.74, 6) is -0.155. The number of amides is 1. The van der Waals surface area contributed by atoms with Gasteiger partial charge >= 0.3 is 0 Å². The van der Waals surface area contributed by atoms with Gasteiger partial charge < -0.3 is 10.1 Å². The van der Waals surface area contributed by atoms with Crippen LogP contribution in [0.15, 0.2) is 59.8 Å². The van der Waals surface area contributed by atoms with Crippen molar-refractivity contribution in [2.24, 2.45) is 0 Å². The number of carbonyl (C=O) groups excluding carboxylic acids is 1. The van der Waals surface area contributed by atoms with Crippen molar-refractivity contribution < 1.29 is 17.9 Å². The Kier molecular flexibility index (Phi) is 7.02. The molecule has 8 nitrogen and oxygen atoms in total. The fourth-order valence-corrected chi connectivity index (χ4v) is 5.67. The molecule has 3 aromatic rings. The second-order valence-electron chi connectivity index (χ2n) is 7.80. The molecular weight excluding hydrogens is 464 g/mol. The highest BCUT2D eigenvalue weighted by atomic mass is 35.5. The maximum absolute atomic E-state index is 13.2. The Morgan fingerprint density at radius 3 is 2.64 bits per heavy atom. The predicted octanol–water partition coefficient (Wildman–Crippen LogP) is 4.02. The van der Waals surface area contributed by atoms with E-state index in [4.69, 9.17) is 16.3 Å². The van der Waals surface area contributed by atoms with Crippen LogP contribution >= 0.6 is 11.6 Å². The molecule has 1 amide bonds. The first-order valence-corrected chi connectivity index (χ1v) is 12.5. The minimum absolute atomic E-state index is 0.0408. The number of nitrogens with zero attached hydrogens (tertiary/aromatic N) is 3. The average Bonchev–Trinajstić information content (AvgIpc) is 3.30. The van der Waals surface area contributed by atoms with Crippen LogP contribution in [0.3, 0.4) is 0 Å². The number of benzene rings is 2. The SMILES string of the molecule is COc1ccc(NC(=O)c2cnn(Cc3ccccc3Cl)c2)cc1S(=O)(=O)N1CCCCC1. The van der Waals surface area contributed by atoms with Gasteiger partial charge in [0, 0.05) is 30.0 Å². The van der Waals surface area contributed by atoms with Crippen molar-refractivity contribution in [3.63, 3.8) is 0 Å². The maximum atomic E-state index is 13.2. The molecule has 4 rings (SSSR count). The van der Waals surface area contributed by atoms with Crippen molar-refractivity contribution in [1.29, 1.82) is 0 Å². The molecule has 1 aliphatic heterocycles. The van der Waals surface area contributed by atoms with E-state index in [1.54, 1.807) is 29.1 Å². The van der Waals surface area contributed by atoms with Gasteiger partial charge in [-0.15, -0.1) is 0 Å². The third-order valence-electron chi connectivity index (χ3n) is 5.54. The molecule has 1 aromatic heterocycles. The van der Waals surface area contributed by atoms with E-state index in [0.717, 1.165) is 24.8 Å². The number of carbonyl (C=O) groups is 1. The second-order valence-corrected chi connectivity index (χ2v) is 10.1. The number of anilines is 1. The quantitative estimate of drug-likeness (QED) is 0.542. The Hall–Kier alpha value is -2.88. The number of aromatic nitrogens is 2. The van der Waals surface area contributed by atoms with Crippen molar-refractivity contribution >= 4 is 33.2 Å². The van der Waals surface area contributed by atoms with Gasteiger partial charge in [0.1, 0.15) is 10.6 Å². The number of sulfonamides is 1. The molecule has 0 spiro atoms. The molecule has 0 atom stereocenters. The lowest BCUT2D eigenvalue weighted by Gasteiger charge is -2.26. The number of piperidine rings is 1. The molecule has 174 valence electrons. The molecule has 0 bridgehead atoms. The fraction of sp³-hybridized carbons (Fsp3) is 0.304. The number of halogens is 1. The fourth-order valence-electron chi connectivity index (χ4n) is 3.77. The van der Waals surface area contributed by atoms with Crippen molar-refractivity contribution in [3.8, 4) is 5.75 Å². The molecule has 2 aromatic carbocycles. The van der Waals surface area contributed by atoms with Crippen molar-refractivity contribution in [1.82, 2.24) is 14.1 Å². The first-order valence-electron chi connectivity index (χ1n) is 10.6. The summed E-state index contributed by atoms with van der Waals surface area (Å²) < 4.78 is 34.8. The Bertz CT molecular complexity index is 1250. The lowest BCUT2D eigenvalue weighted by molar-refractivity contribution is 0.102. The summed E-state index contributed by atoms with van der Waals surface area (Å²) in [5.41, 5.74) is 1.59. The molecule has 1 fully saturated rings. The smallest absolute Gasteiger partial charge is 0.258 e. The third-order valence-corrected chi connectivity index (χ3v) is 7.83. The highest BCUT2D eigenvalue weighted by Crippen LogP contribution is 2.31. The largest absolute Gasteiger partial charge is 0.495 e. The molecule has 1 aliphatic rings. The zero-order valence-electron chi connectivity index (χ0n) is 18.2. The monoisotopic (exact) mass is 488 g/mol. The van der Waals surface area contributed by atoms with E-state index in [0.29, 0.717) is 35.9 Å². The zero-order valence-corrected chi connectivity index (χ0v) is 19.8. The van der Waals surface area contributed by atoms with Gasteiger partial charge in [-0.25, -0.2) is 8.42 Å². The number of ether oxygens (including phenoxy) is 1. The Morgan fingerprint density at radius 2 is 1.91 bits per heavy atom. The minimum atomic E-state index is -3.73. The summed E-state index contributed by atoms with van der Waals surface area (Å²) >= 11 is 6.20. The molecule has 1 saturated heterocycles. The molecular formula is C23H25ClN4O4S. The number of methoxy groups -OCH3 is 1. The van der Waals surface area contributed by atoms with E-state index in [1.807, 2.05) is 18.2 Å². The second kappa shape index (κ2) is 9.94. The van der Waals surface area contributed by atoms with Crippen LogP contribution < -0.4 is 10.1 Å². The van der Waals surface area contributed by atoms with Gasteiger partial charge in [0.05, 0.1) is 25.4 Å². The molecule has 0 radical (unpaired) electrons. The summed E-state index contributed by atoms with van der Waals surface area (Å²) in [6.45, 7) is 1.38. The maximum Gasteiger partial charge on any atom is 0.258 e. The third kappa shape index (κ3) is 5.21. The van der Waals surface area contributed by atoms with Gasteiger partial charge in [-0.1, -0.05) is 36.2 Å². The Labute approximate surface area is 198 Å². The average molecular weight is 489 g/mol. The Morgan fingerprint density at radius 1 is 1.15 bits per heavy atom. The van der Waals surface area contributed by atoms with E-state index >= 15 is 0 Å². The molecule has 10 heteroatoms. The van der Waals surface area contributed by atoms with Gasteiger partial charge in [0.25, 0.3) is 5.91 Å². The Balaban J connectivity index is 1.52. The first kappa shape index (κ1) is 23.3. The highest BCUT2D eigenvalue weighted by molar-refractivity contribution is 7.89. The minimum Gasteiger partial charge on any atom is -0.495 e. The predicted molar refractivity (Wildman–Crippen MR) is 126 cm³/mol. The highest BCUT2D eigenvalue weighted by Gasteiger charge is 2.29. The van der Waals surface area contributed by atoms with Gasteiger partial charge in [-0.2, -0.15) is 9.40 Å². The molecule has 33 heavy (non-hydrogen) atoms. The van der Waals surface area contributed by atoms with Crippen LogP contribution in [0.1, 0.15) is 35.2 Å². The van der Waals surface area contributed by atoms with Crippen LogP contribution in [0.5, 0.6) is 5.75 Å². The summed E-state index contributed by atoms with van der Waals surface area (Å²) in [4.78, 5) is 12.8. The topological polar surface area (TPSA) is 93.5 Å². The van der Waals surface area contributed by atoms with Crippen LogP contribution in [0, 0.1) is 0 Å². The number of rotatable bonds is 7. The van der Waals surface area contributed by atoms with E-state index in [9.17, 15) is 13.2 Å². The summed E-state index contributed by atoms with van der Waals surface area (Å²) in [5, 5.41) is 7.62. The van der Waals surface area contributed by atoms with Crippen molar-refractivity contribution in [3.05, 3.63) is 71.0 Å². The summed E-state index contributed by atoms with van der Waals surface area (Å²) in [6.07, 6.45) is 5.75. The van der Waals surface area contributed by atoms with Crippen LogP contribution in [0.25, 0.3) is 0 Å². The van der Waals surface area contributed by atoms with E-state index in [1.165, 1.54) is 23.7 Å². The van der Waals surface area contributed by atoms with Crippen LogP contribution in [-0.2, 0) is 16.6 Å². The molecule has 2 heterocycles. The first-order chi connectivity index (χ1) is 15.9. The standard InChI is InChI=1S/C23H25ClN4O4S/c1-32-21-10-9-19(13-22(21)33(30,31)28-11-5-2-6-12-28)26-23(29)18-14-25-27(16-18)15-17-7-3-4-8-20(17)24/h3-4,7-10,13-14,16H,2,5-6,11-12,15H2,1H3,(H,26,29). The lowest BCUT2D eigenvalue weighted by atomic mass is 10.2. The molecule has 0 aliphatic carbocycles. The van der Waals surface area contributed by atoms with Crippen molar-refractivity contribution in [2.75, 3.05) is 25.5 Å². The summed E-state index contributed by atoms with van der Waals surface area (Å²) in [6, 6.07) is 12.0. The van der Waals surface area contributed by atoms with E-state index < -0.39 is 15.9 Å². The van der Waals surface area contributed by atoms with E-state index in [2.05, 4.69) is 10.4 Å². The zero-order chi connectivity index (χ0) is 23.4. The molecule has 0 saturated carbocycles. The number of nitrogens with one attached hydrogen (secondary N) is 1. The normalized spacial score (nSPS) is 14.7. The molecule has 1 N–H and O–H groups in total. The van der Waals surface area contributed by atoms with Gasteiger partial charge in [0.15, 0.2) is 0 Å². The molecule has 0 unspecified atom stereocenters. The van der Waals surface area contributed by atoms with Crippen LogP contribution in [-0.4, -0.2) is 48.6 Å². The van der Waals surface area contributed by atoms with Gasteiger partial charge in [0.2, 0.25) is 10.0 Å². The van der Waals surface area contributed by atoms with Gasteiger partial charge in [-0.3, -0.25) is 9.48 Å². The number of hydrogen-bond donors (Lipinski definition) is 1. The van der Waals surface area contributed by atoms with E-state index in [-0.39, 0.29) is 10.6 Å². The number of hydrogen-bond acceptors (Lipinski definition) is 5. The lowest BCUT2D eigenvalue weighted by Crippen LogP contribution is -2.35. The van der Waals surface area contributed by atoms with Crippen LogP contribution in [0.2, 0.25) is 5.02 Å². The van der Waals surface area contributed by atoms with Crippen LogP contribution in [0.4, 0.5) is 5.69 Å². The van der Waals surface area contributed by atoms with Crippen molar-refractivity contribution in [2.45, 2.75) is 30.7 Å². The summed E-state index contributed by atoms with van der Waals surface area (Å²) in [7, 11) is -2.31. The van der Waals surface area contributed by atoms with Gasteiger partial charge in [-0.05, 0) is 42.7 Å².